The van der Waals surface area contributed by atoms with Gasteiger partial charge in [0.05, 0.1) is 11.8 Å². The summed E-state index contributed by atoms with van der Waals surface area (Å²) in [5, 5.41) is 13.9. The predicted molar refractivity (Wildman–Crippen MR) is 130 cm³/mol. The van der Waals surface area contributed by atoms with Gasteiger partial charge in [-0.15, -0.1) is 10.2 Å². The molecule has 34 heavy (non-hydrogen) atoms. The Balaban J connectivity index is 1.15. The van der Waals surface area contributed by atoms with Crippen molar-refractivity contribution in [3.05, 3.63) is 54.2 Å². The van der Waals surface area contributed by atoms with E-state index in [1.807, 2.05) is 43.5 Å². The fourth-order valence-corrected chi connectivity index (χ4v) is 5.12. The minimum absolute atomic E-state index is 0.0496. The molecule has 1 amide bonds. The van der Waals surface area contributed by atoms with Crippen LogP contribution < -0.4 is 14.8 Å². The molecule has 1 saturated carbocycles. The Morgan fingerprint density at radius 2 is 2.00 bits per heavy atom. The number of H-pyrrole nitrogens is 1. The first-order valence-electron chi connectivity index (χ1n) is 11.5. The summed E-state index contributed by atoms with van der Waals surface area (Å²) in [6, 6.07) is 14.2. The highest BCUT2D eigenvalue weighted by molar-refractivity contribution is 7.99. The van der Waals surface area contributed by atoms with E-state index in [1.54, 1.807) is 0 Å². The van der Waals surface area contributed by atoms with Crippen molar-refractivity contribution in [1.82, 2.24) is 25.1 Å². The van der Waals surface area contributed by atoms with Crippen LogP contribution in [0.25, 0.3) is 22.3 Å². The number of nitrogens with zero attached hydrogens (tertiary/aromatic N) is 3. The van der Waals surface area contributed by atoms with Crippen LogP contribution in [0.2, 0.25) is 0 Å². The van der Waals surface area contributed by atoms with E-state index < -0.39 is 0 Å². The number of nitrogens with one attached hydrogen (secondary N) is 2. The molecular formula is C25H25N5O3S. The van der Waals surface area contributed by atoms with E-state index >= 15 is 0 Å². The molecule has 0 unspecified atom stereocenters. The number of hydrogen-bond donors (Lipinski definition) is 2. The second-order valence-corrected chi connectivity index (χ2v) is 9.58. The number of fused-ring (bicyclic) bond motifs is 2. The van der Waals surface area contributed by atoms with Gasteiger partial charge >= 0.3 is 0 Å². The van der Waals surface area contributed by atoms with Crippen molar-refractivity contribution in [2.45, 2.75) is 37.0 Å². The number of carbonyl (C=O) groups excluding carboxylic acids is 1. The number of thioether (sulfide) groups is 1. The first-order chi connectivity index (χ1) is 16.7. The number of aromatic nitrogens is 4. The van der Waals surface area contributed by atoms with Crippen molar-refractivity contribution in [2.24, 2.45) is 0 Å². The van der Waals surface area contributed by atoms with Crippen molar-refractivity contribution in [3.63, 3.8) is 0 Å². The Labute approximate surface area is 201 Å². The van der Waals surface area contributed by atoms with Gasteiger partial charge in [0.25, 0.3) is 0 Å². The summed E-state index contributed by atoms with van der Waals surface area (Å²) >= 11 is 1.43. The van der Waals surface area contributed by atoms with Crippen LogP contribution in [0.4, 0.5) is 0 Å². The SMILES string of the molecule is C[C@@H](NC(=O)CSc1nnc(-c2c[nH]c3ccccc23)n1C1CC1)c1ccc2c(c1)OCCO2. The number of rotatable bonds is 7. The minimum atomic E-state index is -0.146. The molecule has 1 aliphatic carbocycles. The molecule has 8 nitrogen and oxygen atoms in total. The van der Waals surface area contributed by atoms with Crippen molar-refractivity contribution in [2.75, 3.05) is 19.0 Å². The maximum Gasteiger partial charge on any atom is 0.230 e. The smallest absolute Gasteiger partial charge is 0.230 e. The van der Waals surface area contributed by atoms with Crippen LogP contribution in [-0.2, 0) is 4.79 Å². The Morgan fingerprint density at radius 3 is 2.85 bits per heavy atom. The third-order valence-corrected chi connectivity index (χ3v) is 7.13. The highest BCUT2D eigenvalue weighted by Crippen LogP contribution is 2.42. The lowest BCUT2D eigenvalue weighted by molar-refractivity contribution is -0.119. The number of para-hydroxylation sites is 1. The zero-order chi connectivity index (χ0) is 23.1. The average molecular weight is 476 g/mol. The topological polar surface area (TPSA) is 94.1 Å². The maximum atomic E-state index is 12.7. The normalized spacial score (nSPS) is 15.9. The largest absolute Gasteiger partial charge is 0.486 e. The van der Waals surface area contributed by atoms with E-state index in [0.29, 0.717) is 19.3 Å². The van der Waals surface area contributed by atoms with Gasteiger partial charge < -0.3 is 19.8 Å². The van der Waals surface area contributed by atoms with E-state index in [9.17, 15) is 4.79 Å². The van der Waals surface area contributed by atoms with Crippen molar-refractivity contribution in [3.8, 4) is 22.9 Å². The van der Waals surface area contributed by atoms with E-state index in [4.69, 9.17) is 9.47 Å². The lowest BCUT2D eigenvalue weighted by Crippen LogP contribution is -2.28. The van der Waals surface area contributed by atoms with Gasteiger partial charge in [0.2, 0.25) is 5.91 Å². The van der Waals surface area contributed by atoms with Gasteiger partial charge in [-0.1, -0.05) is 36.0 Å². The molecule has 0 saturated heterocycles. The van der Waals surface area contributed by atoms with Gasteiger partial charge in [-0.2, -0.15) is 0 Å². The Morgan fingerprint density at radius 1 is 1.18 bits per heavy atom. The molecule has 1 atom stereocenters. The van der Waals surface area contributed by atoms with Crippen molar-refractivity contribution < 1.29 is 14.3 Å². The van der Waals surface area contributed by atoms with Crippen LogP contribution in [0.15, 0.2) is 53.8 Å². The van der Waals surface area contributed by atoms with Crippen LogP contribution in [0.5, 0.6) is 11.5 Å². The summed E-state index contributed by atoms with van der Waals surface area (Å²) in [6.07, 6.45) is 4.20. The number of amides is 1. The molecule has 0 radical (unpaired) electrons. The molecule has 4 aromatic rings. The summed E-state index contributed by atoms with van der Waals surface area (Å²) in [4.78, 5) is 16.1. The molecule has 0 spiro atoms. The highest BCUT2D eigenvalue weighted by Gasteiger charge is 2.31. The molecule has 0 bridgehead atoms. The van der Waals surface area contributed by atoms with Crippen LogP contribution in [-0.4, -0.2) is 44.6 Å². The third-order valence-electron chi connectivity index (χ3n) is 6.18. The van der Waals surface area contributed by atoms with Crippen molar-refractivity contribution in [1.29, 1.82) is 0 Å². The zero-order valence-electron chi connectivity index (χ0n) is 18.8. The van der Waals surface area contributed by atoms with Gasteiger partial charge in [-0.05, 0) is 43.5 Å². The minimum Gasteiger partial charge on any atom is -0.486 e. The summed E-state index contributed by atoms with van der Waals surface area (Å²) in [7, 11) is 0. The first kappa shape index (κ1) is 21.1. The molecule has 1 fully saturated rings. The lowest BCUT2D eigenvalue weighted by Gasteiger charge is -2.21. The monoisotopic (exact) mass is 475 g/mol. The van der Waals surface area contributed by atoms with Crippen LogP contribution in [0.1, 0.15) is 37.4 Å². The summed E-state index contributed by atoms with van der Waals surface area (Å²) < 4.78 is 13.4. The third kappa shape index (κ3) is 4.00. The summed E-state index contributed by atoms with van der Waals surface area (Å²) in [5.41, 5.74) is 3.09. The van der Waals surface area contributed by atoms with Crippen LogP contribution in [0, 0.1) is 0 Å². The predicted octanol–water partition coefficient (Wildman–Crippen LogP) is 4.50. The van der Waals surface area contributed by atoms with Gasteiger partial charge in [0.1, 0.15) is 13.2 Å². The molecule has 2 aromatic heterocycles. The first-order valence-corrected chi connectivity index (χ1v) is 12.5. The molecule has 9 heteroatoms. The van der Waals surface area contributed by atoms with E-state index in [2.05, 4.69) is 37.2 Å². The number of carbonyl (C=O) groups is 1. The second-order valence-electron chi connectivity index (χ2n) is 8.64. The van der Waals surface area contributed by atoms with Crippen molar-refractivity contribution >= 4 is 28.6 Å². The molecule has 174 valence electrons. The van der Waals surface area contributed by atoms with Crippen LogP contribution >= 0.6 is 11.8 Å². The van der Waals surface area contributed by atoms with Gasteiger partial charge in [-0.3, -0.25) is 9.36 Å². The number of hydrogen-bond acceptors (Lipinski definition) is 6. The Bertz CT molecular complexity index is 1360. The molecule has 2 aromatic carbocycles. The highest BCUT2D eigenvalue weighted by atomic mass is 32.2. The van der Waals surface area contributed by atoms with Crippen LogP contribution in [0.3, 0.4) is 0 Å². The molecule has 3 heterocycles. The fourth-order valence-electron chi connectivity index (χ4n) is 4.30. The second kappa shape index (κ2) is 8.72. The van der Waals surface area contributed by atoms with Gasteiger partial charge in [-0.25, -0.2) is 0 Å². The summed E-state index contributed by atoms with van der Waals surface area (Å²) in [6.45, 7) is 3.06. The number of ether oxygens (including phenoxy) is 2. The lowest BCUT2D eigenvalue weighted by atomic mass is 10.1. The molecule has 2 N–H and O–H groups in total. The Kier molecular flexibility index (Phi) is 5.41. The molecular weight excluding hydrogens is 450 g/mol. The maximum absolute atomic E-state index is 12.7. The standard InChI is InChI=1S/C25H25N5O3S/c1-15(16-6-9-21-22(12-16)33-11-10-32-21)27-23(31)14-34-25-29-28-24(30(25)17-7-8-17)19-13-26-20-5-3-2-4-18(19)20/h2-6,9,12-13,15,17,26H,7-8,10-11,14H2,1H3,(H,27,31)/t15-/m1/s1. The average Bonchev–Trinajstić information content (AvgIpc) is 3.47. The van der Waals surface area contributed by atoms with E-state index in [1.165, 1.54) is 11.8 Å². The van der Waals surface area contributed by atoms with E-state index in [-0.39, 0.29) is 17.7 Å². The Hall–Kier alpha value is -3.46. The van der Waals surface area contributed by atoms with Gasteiger partial charge in [0.15, 0.2) is 22.5 Å². The quantitative estimate of drug-likeness (QED) is 0.382. The molecule has 1 aliphatic heterocycles. The number of benzene rings is 2. The number of aromatic amines is 1. The summed E-state index contributed by atoms with van der Waals surface area (Å²) in [5.74, 6) is 2.54. The van der Waals surface area contributed by atoms with E-state index in [0.717, 1.165) is 57.4 Å². The zero-order valence-corrected chi connectivity index (χ0v) is 19.6. The van der Waals surface area contributed by atoms with Gasteiger partial charge in [0, 0.05) is 28.7 Å². The fraction of sp³-hybridized carbons (Fsp3) is 0.320. The molecule has 2 aliphatic rings. The molecule has 6 rings (SSSR count).